The lowest BCUT2D eigenvalue weighted by atomic mass is 10.0. The molecule has 2 fully saturated rings. The Hall–Kier alpha value is -4.26. The van der Waals surface area contributed by atoms with Crippen LogP contribution < -0.4 is 10.6 Å². The molecule has 5 rings (SSSR count). The molecule has 12 nitrogen and oxygen atoms in total. The zero-order chi connectivity index (χ0) is 32.3. The van der Waals surface area contributed by atoms with Gasteiger partial charge in [-0.2, -0.15) is 5.10 Å². The van der Waals surface area contributed by atoms with Gasteiger partial charge in [-0.15, -0.1) is 0 Å². The van der Waals surface area contributed by atoms with Crippen molar-refractivity contribution >= 4 is 23.8 Å². The largest absolute Gasteiger partial charge is 0.444 e. The van der Waals surface area contributed by atoms with Gasteiger partial charge in [0.15, 0.2) is 0 Å². The molecular formula is C32H43FN8O4. The Morgan fingerprint density at radius 2 is 1.91 bits per heavy atom. The van der Waals surface area contributed by atoms with Crippen LogP contribution in [0.3, 0.4) is 0 Å². The highest BCUT2D eigenvalue weighted by Crippen LogP contribution is 2.28. The van der Waals surface area contributed by atoms with Crippen molar-refractivity contribution in [3.63, 3.8) is 0 Å². The highest BCUT2D eigenvalue weighted by molar-refractivity contribution is 5.75. The van der Waals surface area contributed by atoms with Crippen LogP contribution in [0.1, 0.15) is 58.2 Å². The molecule has 2 aliphatic heterocycles. The predicted octanol–water partition coefficient (Wildman–Crippen LogP) is 5.23. The molecule has 0 saturated carbocycles. The second kappa shape index (κ2) is 13.4. The van der Waals surface area contributed by atoms with Gasteiger partial charge in [-0.25, -0.2) is 23.9 Å². The van der Waals surface area contributed by atoms with E-state index in [1.54, 1.807) is 48.9 Å². The number of aryl methyl sites for hydroxylation is 1. The van der Waals surface area contributed by atoms with Crippen LogP contribution in [0, 0.1) is 6.92 Å². The summed E-state index contributed by atoms with van der Waals surface area (Å²) in [7, 11) is 0. The third-order valence-corrected chi connectivity index (χ3v) is 7.68. The standard InChI is InChI=1S/C32H43FN8O4/c1-20(2)44-25-17-40(18-25)30(42)35-14-23-8-7-22(13-21(23)3)27-9-11-34-29(38-27)37-24-15-36-41(16-24)28-10-12-39(19-26(28)33)31(43)45-32(4,5)6/h7-9,11,13,15-16,20,25-26,28H,10,12,14,17-19H2,1-6H3,(H,35,42)(H,34,37,38). The number of carbonyl (C=O) groups excluding carboxylic acids is 2. The van der Waals surface area contributed by atoms with Gasteiger partial charge in [-0.1, -0.05) is 12.1 Å². The van der Waals surface area contributed by atoms with Gasteiger partial charge in [0.1, 0.15) is 11.8 Å². The van der Waals surface area contributed by atoms with Crippen LogP contribution in [-0.4, -0.2) is 91.8 Å². The van der Waals surface area contributed by atoms with E-state index in [0.29, 0.717) is 44.2 Å². The number of rotatable bonds is 8. The number of nitrogens with zero attached hydrogens (tertiary/aromatic N) is 6. The predicted molar refractivity (Wildman–Crippen MR) is 168 cm³/mol. The summed E-state index contributed by atoms with van der Waals surface area (Å²) < 4.78 is 27.8. The lowest BCUT2D eigenvalue weighted by molar-refractivity contribution is -0.0641. The van der Waals surface area contributed by atoms with E-state index in [0.717, 1.165) is 22.4 Å². The Balaban J connectivity index is 1.15. The normalized spacial score (nSPS) is 18.9. The molecule has 3 amide bonds. The SMILES string of the molecule is Cc1cc(-c2ccnc(Nc3cnn(C4CCN(C(=O)OC(C)(C)C)CC4F)c3)n2)ccc1CNC(=O)N1CC(OC(C)C)C1. The van der Waals surface area contributed by atoms with E-state index in [4.69, 9.17) is 9.47 Å². The van der Waals surface area contributed by atoms with Crippen LogP contribution in [0.5, 0.6) is 0 Å². The fourth-order valence-corrected chi connectivity index (χ4v) is 5.39. The number of carbonyl (C=O) groups is 2. The van der Waals surface area contributed by atoms with Crippen molar-refractivity contribution in [3.05, 3.63) is 54.0 Å². The highest BCUT2D eigenvalue weighted by atomic mass is 19.1. The van der Waals surface area contributed by atoms with Gasteiger partial charge in [-0.3, -0.25) is 4.68 Å². The summed E-state index contributed by atoms with van der Waals surface area (Å²) >= 11 is 0. The zero-order valence-electron chi connectivity index (χ0n) is 26.8. The van der Waals surface area contributed by atoms with Crippen molar-refractivity contribution in [1.29, 1.82) is 0 Å². The summed E-state index contributed by atoms with van der Waals surface area (Å²) in [6.45, 7) is 13.3. The first-order valence-electron chi connectivity index (χ1n) is 15.4. The minimum atomic E-state index is -1.29. The Morgan fingerprint density at radius 3 is 2.60 bits per heavy atom. The molecule has 2 N–H and O–H groups in total. The first-order chi connectivity index (χ1) is 21.3. The number of amides is 3. The smallest absolute Gasteiger partial charge is 0.410 e. The van der Waals surface area contributed by atoms with Gasteiger partial charge in [0.05, 0.1) is 55.5 Å². The summed E-state index contributed by atoms with van der Waals surface area (Å²) in [6, 6.07) is 7.24. The van der Waals surface area contributed by atoms with Crippen LogP contribution in [0.25, 0.3) is 11.3 Å². The number of halogens is 1. The minimum absolute atomic E-state index is 0.0509. The lowest BCUT2D eigenvalue weighted by Gasteiger charge is -2.39. The Labute approximate surface area is 263 Å². The number of piperidine rings is 1. The molecule has 2 saturated heterocycles. The summed E-state index contributed by atoms with van der Waals surface area (Å²) in [5.41, 5.74) is 3.69. The second-order valence-electron chi connectivity index (χ2n) is 12.9. The first kappa shape index (κ1) is 32.1. The number of nitrogens with one attached hydrogen (secondary N) is 2. The van der Waals surface area contributed by atoms with Gasteiger partial charge in [0.2, 0.25) is 5.95 Å². The van der Waals surface area contributed by atoms with Crippen LogP contribution in [0.15, 0.2) is 42.9 Å². The topological polar surface area (TPSA) is 127 Å². The molecule has 13 heteroatoms. The maximum atomic E-state index is 15.1. The molecule has 0 aliphatic carbocycles. The Kier molecular flexibility index (Phi) is 9.56. The molecule has 2 aromatic heterocycles. The van der Waals surface area contributed by atoms with E-state index in [1.807, 2.05) is 45.0 Å². The molecule has 3 aromatic rings. The number of urea groups is 1. The molecule has 0 spiro atoms. The monoisotopic (exact) mass is 622 g/mol. The summed E-state index contributed by atoms with van der Waals surface area (Å²) in [5, 5.41) is 10.5. The minimum Gasteiger partial charge on any atom is -0.444 e. The summed E-state index contributed by atoms with van der Waals surface area (Å²) in [6.07, 6.45) is 3.89. The molecule has 242 valence electrons. The maximum absolute atomic E-state index is 15.1. The average molecular weight is 623 g/mol. The number of anilines is 2. The molecule has 4 heterocycles. The molecule has 45 heavy (non-hydrogen) atoms. The van der Waals surface area contributed by atoms with Gasteiger partial charge >= 0.3 is 12.1 Å². The number of likely N-dealkylation sites (tertiary alicyclic amines) is 2. The number of alkyl halides is 1. The third-order valence-electron chi connectivity index (χ3n) is 7.68. The van der Waals surface area contributed by atoms with Crippen LogP contribution in [-0.2, 0) is 16.0 Å². The van der Waals surface area contributed by atoms with E-state index >= 15 is 4.39 Å². The molecule has 2 atom stereocenters. The van der Waals surface area contributed by atoms with Crippen molar-refractivity contribution in [2.24, 2.45) is 0 Å². The Bertz CT molecular complexity index is 1500. The molecule has 0 bridgehead atoms. The number of hydrogen-bond acceptors (Lipinski definition) is 8. The van der Waals surface area contributed by atoms with Crippen LogP contribution in [0.2, 0.25) is 0 Å². The average Bonchev–Trinajstić information content (AvgIpc) is 3.41. The van der Waals surface area contributed by atoms with Gasteiger partial charge in [0, 0.05) is 31.0 Å². The van der Waals surface area contributed by atoms with E-state index in [1.165, 1.54) is 4.90 Å². The molecular weight excluding hydrogens is 579 g/mol. The third kappa shape index (κ3) is 8.27. The maximum Gasteiger partial charge on any atom is 0.410 e. The lowest BCUT2D eigenvalue weighted by Crippen LogP contribution is -2.58. The van der Waals surface area contributed by atoms with Crippen LogP contribution in [0.4, 0.5) is 25.6 Å². The van der Waals surface area contributed by atoms with E-state index in [9.17, 15) is 9.59 Å². The molecule has 0 radical (unpaired) electrons. The first-order valence-corrected chi connectivity index (χ1v) is 15.4. The highest BCUT2D eigenvalue weighted by Gasteiger charge is 2.35. The van der Waals surface area contributed by atoms with Crippen molar-refractivity contribution in [3.8, 4) is 11.3 Å². The summed E-state index contributed by atoms with van der Waals surface area (Å²) in [4.78, 5) is 37.0. The number of benzene rings is 1. The second-order valence-corrected chi connectivity index (χ2v) is 12.9. The number of aromatic nitrogens is 4. The fraction of sp³-hybridized carbons (Fsp3) is 0.531. The van der Waals surface area contributed by atoms with Gasteiger partial charge in [-0.05, 0) is 71.2 Å². The fourth-order valence-electron chi connectivity index (χ4n) is 5.39. The number of ether oxygens (including phenoxy) is 2. The van der Waals surface area contributed by atoms with E-state index in [2.05, 4.69) is 25.7 Å². The van der Waals surface area contributed by atoms with Crippen molar-refractivity contribution in [2.45, 2.75) is 84.5 Å². The van der Waals surface area contributed by atoms with Gasteiger partial charge < -0.3 is 29.9 Å². The van der Waals surface area contributed by atoms with Crippen LogP contribution >= 0.6 is 0 Å². The molecule has 1 aromatic carbocycles. The number of hydrogen-bond donors (Lipinski definition) is 2. The van der Waals surface area contributed by atoms with E-state index < -0.39 is 23.9 Å². The van der Waals surface area contributed by atoms with Crippen molar-refractivity contribution < 1.29 is 23.5 Å². The van der Waals surface area contributed by atoms with Crippen molar-refractivity contribution in [2.75, 3.05) is 31.5 Å². The summed E-state index contributed by atoms with van der Waals surface area (Å²) in [5.74, 6) is 0.381. The zero-order valence-corrected chi connectivity index (χ0v) is 26.8. The molecule has 2 aliphatic rings. The van der Waals surface area contributed by atoms with Crippen molar-refractivity contribution in [1.82, 2.24) is 34.9 Å². The Morgan fingerprint density at radius 1 is 1.13 bits per heavy atom. The molecule has 2 unspecified atom stereocenters. The van der Waals surface area contributed by atoms with E-state index in [-0.39, 0.29) is 24.8 Å². The van der Waals surface area contributed by atoms with Gasteiger partial charge in [0.25, 0.3) is 0 Å². The quantitative estimate of drug-likeness (QED) is 0.350.